The van der Waals surface area contributed by atoms with Crippen LogP contribution in [-0.2, 0) is 0 Å². The summed E-state index contributed by atoms with van der Waals surface area (Å²) in [5.41, 5.74) is 0.308. The van der Waals surface area contributed by atoms with Gasteiger partial charge in [-0.15, -0.1) is 0 Å². The minimum atomic E-state index is -0.177. The zero-order chi connectivity index (χ0) is 16.5. The predicted molar refractivity (Wildman–Crippen MR) is 92.2 cm³/mol. The molecule has 5 heteroatoms. The topological polar surface area (TPSA) is 53.8 Å². The van der Waals surface area contributed by atoms with Gasteiger partial charge in [0, 0.05) is 38.3 Å². The van der Waals surface area contributed by atoms with Crippen molar-refractivity contribution in [1.29, 1.82) is 0 Å². The monoisotopic (exact) mass is 326 g/mol. The van der Waals surface area contributed by atoms with Crippen LogP contribution in [0.4, 0.5) is 0 Å². The molecule has 2 aliphatic rings. The van der Waals surface area contributed by atoms with E-state index in [4.69, 9.17) is 4.42 Å². The van der Waals surface area contributed by atoms with Gasteiger partial charge < -0.3 is 9.32 Å². The highest BCUT2D eigenvalue weighted by Crippen LogP contribution is 2.24. The SMILES string of the molecule is O=C(c1cc(=O)c2ccccc2o1)N1CCN(C2CCCC2)CC1. The Morgan fingerprint density at radius 3 is 2.50 bits per heavy atom. The third kappa shape index (κ3) is 2.84. The molecule has 1 aliphatic heterocycles. The van der Waals surface area contributed by atoms with Crippen molar-refractivity contribution < 1.29 is 9.21 Å². The van der Waals surface area contributed by atoms with E-state index in [9.17, 15) is 9.59 Å². The van der Waals surface area contributed by atoms with Gasteiger partial charge in [0.05, 0.1) is 5.39 Å². The number of amides is 1. The second-order valence-corrected chi connectivity index (χ2v) is 6.74. The quantitative estimate of drug-likeness (QED) is 0.851. The molecule has 0 unspecified atom stereocenters. The minimum absolute atomic E-state index is 0.146. The van der Waals surface area contributed by atoms with E-state index in [1.807, 2.05) is 0 Å². The van der Waals surface area contributed by atoms with Crippen molar-refractivity contribution in [2.24, 2.45) is 0 Å². The number of piperazine rings is 1. The fourth-order valence-corrected chi connectivity index (χ4v) is 3.92. The van der Waals surface area contributed by atoms with E-state index in [-0.39, 0.29) is 17.1 Å². The second kappa shape index (κ2) is 6.40. The van der Waals surface area contributed by atoms with Gasteiger partial charge in [0.15, 0.2) is 11.2 Å². The van der Waals surface area contributed by atoms with Crippen molar-refractivity contribution in [3.63, 3.8) is 0 Å². The molecule has 4 rings (SSSR count). The Labute approximate surface area is 140 Å². The third-order valence-corrected chi connectivity index (χ3v) is 5.29. The first-order chi connectivity index (χ1) is 11.7. The maximum Gasteiger partial charge on any atom is 0.289 e. The molecule has 0 spiro atoms. The maximum absolute atomic E-state index is 12.7. The highest BCUT2D eigenvalue weighted by Gasteiger charge is 2.29. The fraction of sp³-hybridized carbons (Fsp3) is 0.474. The molecular formula is C19H22N2O3. The van der Waals surface area contributed by atoms with Crippen molar-refractivity contribution in [3.8, 4) is 0 Å². The molecule has 1 aromatic carbocycles. The number of hydrogen-bond acceptors (Lipinski definition) is 4. The molecule has 0 atom stereocenters. The lowest BCUT2D eigenvalue weighted by molar-refractivity contribution is 0.0545. The highest BCUT2D eigenvalue weighted by molar-refractivity contribution is 5.93. The van der Waals surface area contributed by atoms with Crippen LogP contribution in [0.3, 0.4) is 0 Å². The van der Waals surface area contributed by atoms with Crippen molar-refractivity contribution >= 4 is 16.9 Å². The Morgan fingerprint density at radius 2 is 1.75 bits per heavy atom. The Bertz CT molecular complexity index is 800. The molecule has 0 N–H and O–H groups in total. The number of rotatable bonds is 2. The summed E-state index contributed by atoms with van der Waals surface area (Å²) in [4.78, 5) is 29.2. The van der Waals surface area contributed by atoms with Crippen LogP contribution in [0, 0.1) is 0 Å². The summed E-state index contributed by atoms with van der Waals surface area (Å²) in [5, 5.41) is 0.514. The predicted octanol–water partition coefficient (Wildman–Crippen LogP) is 2.49. The number of para-hydroxylation sites is 1. The van der Waals surface area contributed by atoms with Gasteiger partial charge in [0.1, 0.15) is 5.58 Å². The molecule has 2 aromatic rings. The fourth-order valence-electron chi connectivity index (χ4n) is 3.92. The van der Waals surface area contributed by atoms with Crippen LogP contribution >= 0.6 is 0 Å². The van der Waals surface area contributed by atoms with Crippen LogP contribution in [0.1, 0.15) is 36.2 Å². The van der Waals surface area contributed by atoms with Gasteiger partial charge in [0.2, 0.25) is 0 Å². The van der Waals surface area contributed by atoms with E-state index in [0.29, 0.717) is 30.1 Å². The highest BCUT2D eigenvalue weighted by atomic mass is 16.3. The van der Waals surface area contributed by atoms with Gasteiger partial charge in [-0.1, -0.05) is 25.0 Å². The summed E-state index contributed by atoms with van der Waals surface area (Å²) in [7, 11) is 0. The van der Waals surface area contributed by atoms with Crippen molar-refractivity contribution in [2.45, 2.75) is 31.7 Å². The minimum Gasteiger partial charge on any atom is -0.451 e. The number of benzene rings is 1. The summed E-state index contributed by atoms with van der Waals surface area (Å²) in [6, 6.07) is 9.07. The molecule has 1 aromatic heterocycles. The van der Waals surface area contributed by atoms with Crippen molar-refractivity contribution in [3.05, 3.63) is 46.3 Å². The smallest absolute Gasteiger partial charge is 0.289 e. The van der Waals surface area contributed by atoms with Gasteiger partial charge in [-0.3, -0.25) is 14.5 Å². The van der Waals surface area contributed by atoms with Crippen LogP contribution in [-0.4, -0.2) is 47.9 Å². The summed E-state index contributed by atoms with van der Waals surface area (Å²) in [5.74, 6) is -0.0306. The van der Waals surface area contributed by atoms with Gasteiger partial charge in [0.25, 0.3) is 5.91 Å². The number of carbonyl (C=O) groups is 1. The average Bonchev–Trinajstić information content (AvgIpc) is 3.16. The molecule has 1 saturated heterocycles. The van der Waals surface area contributed by atoms with E-state index in [2.05, 4.69) is 4.90 Å². The normalized spacial score (nSPS) is 19.9. The average molecular weight is 326 g/mol. The van der Waals surface area contributed by atoms with Crippen LogP contribution in [0.5, 0.6) is 0 Å². The number of nitrogens with zero attached hydrogens (tertiary/aromatic N) is 2. The van der Waals surface area contributed by atoms with Crippen LogP contribution < -0.4 is 5.43 Å². The molecule has 24 heavy (non-hydrogen) atoms. The van der Waals surface area contributed by atoms with Crippen LogP contribution in [0.25, 0.3) is 11.0 Å². The molecular weight excluding hydrogens is 304 g/mol. The van der Waals surface area contributed by atoms with E-state index in [1.165, 1.54) is 31.7 Å². The molecule has 126 valence electrons. The molecule has 0 bridgehead atoms. The van der Waals surface area contributed by atoms with E-state index in [1.54, 1.807) is 29.2 Å². The maximum atomic E-state index is 12.7. The van der Waals surface area contributed by atoms with Gasteiger partial charge >= 0.3 is 0 Å². The second-order valence-electron chi connectivity index (χ2n) is 6.74. The summed E-state index contributed by atoms with van der Waals surface area (Å²) in [6.07, 6.45) is 5.22. The third-order valence-electron chi connectivity index (χ3n) is 5.29. The van der Waals surface area contributed by atoms with Gasteiger partial charge in [-0.25, -0.2) is 0 Å². The summed E-state index contributed by atoms with van der Waals surface area (Å²) < 4.78 is 5.68. The van der Waals surface area contributed by atoms with E-state index >= 15 is 0 Å². The summed E-state index contributed by atoms with van der Waals surface area (Å²) in [6.45, 7) is 3.22. The van der Waals surface area contributed by atoms with Crippen molar-refractivity contribution in [1.82, 2.24) is 9.80 Å². The van der Waals surface area contributed by atoms with Gasteiger partial charge in [-0.2, -0.15) is 0 Å². The van der Waals surface area contributed by atoms with E-state index < -0.39 is 0 Å². The first-order valence-corrected chi connectivity index (χ1v) is 8.78. The Kier molecular flexibility index (Phi) is 4.10. The molecule has 2 fully saturated rings. The number of fused-ring (bicyclic) bond motifs is 1. The Hall–Kier alpha value is -2.14. The largest absolute Gasteiger partial charge is 0.451 e. The zero-order valence-electron chi connectivity index (χ0n) is 13.7. The Morgan fingerprint density at radius 1 is 1.04 bits per heavy atom. The molecule has 2 heterocycles. The molecule has 5 nitrogen and oxygen atoms in total. The van der Waals surface area contributed by atoms with Crippen LogP contribution in [0.2, 0.25) is 0 Å². The molecule has 1 amide bonds. The Balaban J connectivity index is 1.49. The molecule has 1 saturated carbocycles. The zero-order valence-corrected chi connectivity index (χ0v) is 13.7. The molecule has 0 radical (unpaired) electrons. The lowest BCUT2D eigenvalue weighted by atomic mass is 10.1. The summed E-state index contributed by atoms with van der Waals surface area (Å²) >= 11 is 0. The van der Waals surface area contributed by atoms with Crippen LogP contribution in [0.15, 0.2) is 39.5 Å². The molecule has 1 aliphatic carbocycles. The first kappa shape index (κ1) is 15.4. The van der Waals surface area contributed by atoms with E-state index in [0.717, 1.165) is 13.1 Å². The number of hydrogen-bond donors (Lipinski definition) is 0. The standard InChI is InChI=1S/C19H22N2O3/c22-16-13-18(24-17-8-4-3-7-15(16)17)19(23)21-11-9-20(10-12-21)14-5-1-2-6-14/h3-4,7-8,13-14H,1-2,5-6,9-12H2. The lowest BCUT2D eigenvalue weighted by Crippen LogP contribution is -2.51. The number of carbonyl (C=O) groups excluding carboxylic acids is 1. The van der Waals surface area contributed by atoms with Gasteiger partial charge in [-0.05, 0) is 25.0 Å². The first-order valence-electron chi connectivity index (χ1n) is 8.78. The van der Waals surface area contributed by atoms with Crippen molar-refractivity contribution in [2.75, 3.05) is 26.2 Å². The lowest BCUT2D eigenvalue weighted by Gasteiger charge is -2.37.